The number of hydrogen-bond acceptors (Lipinski definition) is 7. The fourth-order valence-corrected chi connectivity index (χ4v) is 2.04. The molecule has 1 fully saturated rings. The molecular weight excluding hydrogens is 234 g/mol. The van der Waals surface area contributed by atoms with E-state index in [1.807, 2.05) is 4.98 Å². The van der Waals surface area contributed by atoms with E-state index in [-0.39, 0.29) is 6.01 Å². The van der Waals surface area contributed by atoms with E-state index in [1.165, 1.54) is 0 Å². The standard InChI is InChI=1S/C8H9N3O6/c12-1-2-3(13)4-5(16-2)11-7(15)9-6(14)10-8(11)17-4/h2-5,12-13H,1H2,(H,9,14,15)/t2-,3-,4+,5-/m1/s1. The number of nitrogens with one attached hydrogen (secondary N) is 1. The minimum Gasteiger partial charge on any atom is -0.453 e. The van der Waals surface area contributed by atoms with Crippen LogP contribution in [0.15, 0.2) is 9.59 Å². The van der Waals surface area contributed by atoms with E-state index in [4.69, 9.17) is 14.6 Å². The van der Waals surface area contributed by atoms with Crippen LogP contribution in [0, 0.1) is 0 Å². The smallest absolute Gasteiger partial charge is 0.353 e. The van der Waals surface area contributed by atoms with Crippen LogP contribution in [0.1, 0.15) is 6.23 Å². The number of hydrogen-bond donors (Lipinski definition) is 3. The first-order valence-electron chi connectivity index (χ1n) is 4.95. The summed E-state index contributed by atoms with van der Waals surface area (Å²) in [4.78, 5) is 27.9. The summed E-state index contributed by atoms with van der Waals surface area (Å²) in [5, 5.41) is 18.7. The van der Waals surface area contributed by atoms with Gasteiger partial charge in [-0.25, -0.2) is 14.2 Å². The van der Waals surface area contributed by atoms with Crippen LogP contribution in [-0.4, -0.2) is 49.7 Å². The maximum absolute atomic E-state index is 11.5. The first kappa shape index (κ1) is 10.4. The highest BCUT2D eigenvalue weighted by atomic mass is 16.6. The highest BCUT2D eigenvalue weighted by Crippen LogP contribution is 2.37. The molecule has 3 rings (SSSR count). The Kier molecular flexibility index (Phi) is 2.08. The summed E-state index contributed by atoms with van der Waals surface area (Å²) in [6.45, 7) is -0.390. The van der Waals surface area contributed by atoms with E-state index >= 15 is 0 Å². The Morgan fingerprint density at radius 2 is 2.24 bits per heavy atom. The van der Waals surface area contributed by atoms with Gasteiger partial charge in [0.2, 0.25) is 0 Å². The number of aromatic amines is 1. The first-order valence-corrected chi connectivity index (χ1v) is 4.95. The predicted octanol–water partition coefficient (Wildman–Crippen LogP) is -3.06. The summed E-state index contributed by atoms with van der Waals surface area (Å²) in [6, 6.07) is -0.191. The highest BCUT2D eigenvalue weighted by Gasteiger charge is 2.51. The van der Waals surface area contributed by atoms with Gasteiger partial charge in [-0.2, -0.15) is 0 Å². The Hall–Kier alpha value is -1.71. The van der Waals surface area contributed by atoms with Crippen LogP contribution in [0.5, 0.6) is 6.01 Å². The molecule has 0 bridgehead atoms. The fraction of sp³-hybridized carbons (Fsp3) is 0.625. The van der Waals surface area contributed by atoms with E-state index in [0.717, 1.165) is 4.57 Å². The molecule has 4 atom stereocenters. The Labute approximate surface area is 93.3 Å². The zero-order valence-corrected chi connectivity index (χ0v) is 8.44. The number of rotatable bonds is 1. The van der Waals surface area contributed by atoms with Crippen LogP contribution in [0.4, 0.5) is 0 Å². The maximum atomic E-state index is 11.5. The van der Waals surface area contributed by atoms with Crippen molar-refractivity contribution in [3.8, 4) is 6.01 Å². The van der Waals surface area contributed by atoms with Crippen LogP contribution in [0.25, 0.3) is 0 Å². The lowest BCUT2D eigenvalue weighted by Gasteiger charge is -2.13. The molecule has 9 heteroatoms. The zero-order valence-electron chi connectivity index (χ0n) is 8.44. The van der Waals surface area contributed by atoms with Gasteiger partial charge in [0, 0.05) is 0 Å². The first-order chi connectivity index (χ1) is 8.11. The lowest BCUT2D eigenvalue weighted by atomic mass is 10.1. The van der Waals surface area contributed by atoms with Crippen LogP contribution < -0.4 is 16.1 Å². The molecule has 0 amide bonds. The molecule has 0 saturated carbocycles. The van der Waals surface area contributed by atoms with Gasteiger partial charge in [-0.3, -0.25) is 4.98 Å². The lowest BCUT2D eigenvalue weighted by Crippen LogP contribution is -2.34. The maximum Gasteiger partial charge on any atom is 0.353 e. The van der Waals surface area contributed by atoms with Gasteiger partial charge in [0.05, 0.1) is 6.61 Å². The zero-order chi connectivity index (χ0) is 12.2. The summed E-state index contributed by atoms with van der Waals surface area (Å²) in [7, 11) is 0. The molecule has 1 saturated heterocycles. The normalized spacial score (nSPS) is 34.2. The molecule has 1 aromatic rings. The fourth-order valence-electron chi connectivity index (χ4n) is 2.04. The Morgan fingerprint density at radius 1 is 1.47 bits per heavy atom. The van der Waals surface area contributed by atoms with Gasteiger partial charge in [-0.15, -0.1) is 4.98 Å². The van der Waals surface area contributed by atoms with Crippen molar-refractivity contribution in [2.24, 2.45) is 0 Å². The third-order valence-corrected chi connectivity index (χ3v) is 2.82. The molecule has 0 spiro atoms. The Bertz CT molecular complexity index is 565. The van der Waals surface area contributed by atoms with Crippen molar-refractivity contribution in [2.75, 3.05) is 6.61 Å². The van der Waals surface area contributed by atoms with Crippen molar-refractivity contribution < 1.29 is 19.7 Å². The SMILES string of the molecule is O=c1nc2n(c(=O)[nH]1)[C@@H]1O[C@H](CO)[C@@H](O)[C@@H]1O2. The molecule has 92 valence electrons. The van der Waals surface area contributed by atoms with E-state index in [9.17, 15) is 14.7 Å². The number of aliphatic hydroxyl groups is 2. The average Bonchev–Trinajstić information content (AvgIpc) is 2.75. The monoisotopic (exact) mass is 243 g/mol. The number of nitrogens with zero attached hydrogens (tertiary/aromatic N) is 2. The molecule has 17 heavy (non-hydrogen) atoms. The van der Waals surface area contributed by atoms with Crippen LogP contribution >= 0.6 is 0 Å². The Balaban J connectivity index is 2.08. The average molecular weight is 243 g/mol. The molecule has 0 aromatic carbocycles. The Morgan fingerprint density at radius 3 is 2.94 bits per heavy atom. The minimum absolute atomic E-state index is 0.191. The van der Waals surface area contributed by atoms with E-state index < -0.39 is 42.5 Å². The molecule has 9 nitrogen and oxygen atoms in total. The van der Waals surface area contributed by atoms with Gasteiger partial charge in [0.25, 0.3) is 0 Å². The number of fused-ring (bicyclic) bond motifs is 3. The van der Waals surface area contributed by atoms with Gasteiger partial charge >= 0.3 is 17.4 Å². The minimum atomic E-state index is -1.08. The molecule has 1 aromatic heterocycles. The molecule has 0 radical (unpaired) electrons. The molecule has 0 unspecified atom stereocenters. The van der Waals surface area contributed by atoms with E-state index in [1.54, 1.807) is 0 Å². The van der Waals surface area contributed by atoms with Gasteiger partial charge in [0.15, 0.2) is 12.3 Å². The molecule has 3 N–H and O–H groups in total. The lowest BCUT2D eigenvalue weighted by molar-refractivity contribution is -0.0448. The van der Waals surface area contributed by atoms with Crippen molar-refractivity contribution in [2.45, 2.75) is 24.5 Å². The molecule has 2 aliphatic heterocycles. The van der Waals surface area contributed by atoms with Crippen LogP contribution in [-0.2, 0) is 4.74 Å². The summed E-state index contributed by atoms with van der Waals surface area (Å²) in [5.41, 5.74) is -1.55. The summed E-state index contributed by atoms with van der Waals surface area (Å²) in [6.07, 6.45) is -3.63. The number of H-pyrrole nitrogens is 1. The molecule has 2 aliphatic rings. The number of aliphatic hydroxyl groups excluding tert-OH is 2. The topological polar surface area (TPSA) is 127 Å². The van der Waals surface area contributed by atoms with Gasteiger partial charge in [-0.1, -0.05) is 0 Å². The van der Waals surface area contributed by atoms with Crippen molar-refractivity contribution in [1.29, 1.82) is 0 Å². The van der Waals surface area contributed by atoms with Crippen molar-refractivity contribution >= 4 is 0 Å². The second-order valence-corrected chi connectivity index (χ2v) is 3.82. The van der Waals surface area contributed by atoms with Crippen LogP contribution in [0.2, 0.25) is 0 Å². The quantitative estimate of drug-likeness (QED) is 0.478. The third kappa shape index (κ3) is 1.33. The third-order valence-electron chi connectivity index (χ3n) is 2.82. The second kappa shape index (κ2) is 3.39. The largest absolute Gasteiger partial charge is 0.453 e. The van der Waals surface area contributed by atoms with Gasteiger partial charge in [-0.05, 0) is 0 Å². The van der Waals surface area contributed by atoms with Crippen molar-refractivity contribution in [3.63, 3.8) is 0 Å². The van der Waals surface area contributed by atoms with Crippen molar-refractivity contribution in [1.82, 2.24) is 14.5 Å². The van der Waals surface area contributed by atoms with E-state index in [2.05, 4.69) is 4.98 Å². The van der Waals surface area contributed by atoms with Gasteiger partial charge < -0.3 is 19.7 Å². The summed E-state index contributed by atoms with van der Waals surface area (Å²) in [5.74, 6) is 0. The predicted molar refractivity (Wildman–Crippen MR) is 50.5 cm³/mol. The number of ether oxygens (including phenoxy) is 2. The van der Waals surface area contributed by atoms with E-state index in [0.29, 0.717) is 0 Å². The van der Waals surface area contributed by atoms with Crippen LogP contribution in [0.3, 0.4) is 0 Å². The summed E-state index contributed by atoms with van der Waals surface area (Å²) < 4.78 is 11.5. The highest BCUT2D eigenvalue weighted by molar-refractivity contribution is 5.08. The number of aromatic nitrogens is 3. The molecular formula is C8H9N3O6. The van der Waals surface area contributed by atoms with Gasteiger partial charge in [0.1, 0.15) is 12.2 Å². The summed E-state index contributed by atoms with van der Waals surface area (Å²) >= 11 is 0. The molecule has 3 heterocycles. The second-order valence-electron chi connectivity index (χ2n) is 3.82. The van der Waals surface area contributed by atoms with Crippen molar-refractivity contribution in [3.05, 3.63) is 21.0 Å². The molecule has 0 aliphatic carbocycles.